The third-order valence-electron chi connectivity index (χ3n) is 2.55. The topological polar surface area (TPSA) is 0 Å². The molecule has 0 bridgehead atoms. The van der Waals surface area contributed by atoms with Gasteiger partial charge in [-0.1, -0.05) is 68.5 Å². The highest BCUT2D eigenvalue weighted by molar-refractivity contribution is 5.74. The molecule has 0 radical (unpaired) electrons. The van der Waals surface area contributed by atoms with Crippen molar-refractivity contribution in [2.75, 3.05) is 0 Å². The van der Waals surface area contributed by atoms with Crippen molar-refractivity contribution in [2.24, 2.45) is 0 Å². The fourth-order valence-electron chi connectivity index (χ4n) is 1.68. The zero-order valence-electron chi connectivity index (χ0n) is 10.2. The van der Waals surface area contributed by atoms with Crippen molar-refractivity contribution in [2.45, 2.75) is 26.7 Å². The van der Waals surface area contributed by atoms with E-state index in [1.54, 1.807) is 6.08 Å². The molecule has 1 rings (SSSR count). The molecule has 0 aliphatic heterocycles. The Bertz CT molecular complexity index is 377. The molecule has 0 atom stereocenters. The zero-order valence-corrected chi connectivity index (χ0v) is 10.2. The van der Waals surface area contributed by atoms with Crippen LogP contribution in [-0.2, 0) is 6.42 Å². The number of hydrogen-bond donors (Lipinski definition) is 0. The lowest BCUT2D eigenvalue weighted by molar-refractivity contribution is 0.922. The van der Waals surface area contributed by atoms with Crippen LogP contribution in [0, 0.1) is 0 Å². The normalized spacial score (nSPS) is 12.0. The summed E-state index contributed by atoms with van der Waals surface area (Å²) < 4.78 is 0. The van der Waals surface area contributed by atoms with Crippen molar-refractivity contribution < 1.29 is 0 Å². The lowest BCUT2D eigenvalue weighted by Gasteiger charge is -2.04. The second kappa shape index (κ2) is 6.84. The maximum Gasteiger partial charge on any atom is -0.0187 e. The Morgan fingerprint density at radius 2 is 1.94 bits per heavy atom. The molecule has 0 heteroatoms. The third-order valence-corrected chi connectivity index (χ3v) is 2.55. The van der Waals surface area contributed by atoms with Gasteiger partial charge in [-0.15, -0.1) is 0 Å². The number of allylic oxidation sites excluding steroid dienone is 5. The second-order valence-corrected chi connectivity index (χ2v) is 3.79. The highest BCUT2D eigenvalue weighted by atomic mass is 14.0. The van der Waals surface area contributed by atoms with Crippen molar-refractivity contribution in [3.63, 3.8) is 0 Å². The molecule has 0 spiro atoms. The van der Waals surface area contributed by atoms with Crippen LogP contribution < -0.4 is 0 Å². The standard InChI is InChI=1S/C16H20/c1-4-7-9-15(6-3)16-12-10-14(8-5-2)11-13-16/h4,6-7,9-13H,1,5,8H2,2-3H3/b9-7-,15-6+. The van der Waals surface area contributed by atoms with Gasteiger partial charge in [-0.3, -0.25) is 0 Å². The minimum absolute atomic E-state index is 1.16. The Morgan fingerprint density at radius 3 is 2.44 bits per heavy atom. The Labute approximate surface area is 99.0 Å². The summed E-state index contributed by atoms with van der Waals surface area (Å²) in [6.45, 7) is 7.95. The van der Waals surface area contributed by atoms with Crippen molar-refractivity contribution in [3.05, 3.63) is 66.3 Å². The first kappa shape index (κ1) is 12.5. The summed E-state index contributed by atoms with van der Waals surface area (Å²) in [6.07, 6.45) is 10.3. The first-order valence-corrected chi connectivity index (χ1v) is 5.86. The van der Waals surface area contributed by atoms with Crippen molar-refractivity contribution in [1.29, 1.82) is 0 Å². The molecule has 1 aromatic carbocycles. The molecule has 0 unspecified atom stereocenters. The monoisotopic (exact) mass is 212 g/mol. The molecule has 84 valence electrons. The molecule has 0 fully saturated rings. The third kappa shape index (κ3) is 3.54. The van der Waals surface area contributed by atoms with E-state index >= 15 is 0 Å². The van der Waals surface area contributed by atoms with Gasteiger partial charge in [0.25, 0.3) is 0 Å². The fraction of sp³-hybridized carbons (Fsp3) is 0.250. The summed E-state index contributed by atoms with van der Waals surface area (Å²) in [5, 5.41) is 0. The summed E-state index contributed by atoms with van der Waals surface area (Å²) in [5.41, 5.74) is 3.91. The first-order valence-electron chi connectivity index (χ1n) is 5.86. The van der Waals surface area contributed by atoms with Gasteiger partial charge in [0.1, 0.15) is 0 Å². The summed E-state index contributed by atoms with van der Waals surface area (Å²) in [6, 6.07) is 8.80. The Kier molecular flexibility index (Phi) is 5.35. The number of hydrogen-bond acceptors (Lipinski definition) is 0. The quantitative estimate of drug-likeness (QED) is 0.616. The lowest BCUT2D eigenvalue weighted by Crippen LogP contribution is -1.85. The molecular formula is C16H20. The maximum absolute atomic E-state index is 3.69. The van der Waals surface area contributed by atoms with Gasteiger partial charge >= 0.3 is 0 Å². The second-order valence-electron chi connectivity index (χ2n) is 3.79. The molecule has 0 saturated carbocycles. The number of aryl methyl sites for hydroxylation is 1. The summed E-state index contributed by atoms with van der Waals surface area (Å²) in [5.74, 6) is 0. The molecule has 0 amide bonds. The predicted molar refractivity (Wildman–Crippen MR) is 73.4 cm³/mol. The smallest absolute Gasteiger partial charge is 0.0187 e. The van der Waals surface area contributed by atoms with Crippen LogP contribution in [0.4, 0.5) is 0 Å². The average Bonchev–Trinajstić information content (AvgIpc) is 2.32. The van der Waals surface area contributed by atoms with Gasteiger partial charge in [-0.25, -0.2) is 0 Å². The van der Waals surface area contributed by atoms with Crippen LogP contribution in [0.25, 0.3) is 5.57 Å². The van der Waals surface area contributed by atoms with Crippen LogP contribution in [0.2, 0.25) is 0 Å². The molecule has 0 saturated heterocycles. The van der Waals surface area contributed by atoms with E-state index in [1.807, 2.05) is 6.08 Å². The molecule has 0 aliphatic carbocycles. The van der Waals surface area contributed by atoms with Crippen LogP contribution in [-0.4, -0.2) is 0 Å². The van der Waals surface area contributed by atoms with Crippen molar-refractivity contribution >= 4 is 5.57 Å². The molecule has 1 aromatic rings. The van der Waals surface area contributed by atoms with E-state index in [1.165, 1.54) is 23.1 Å². The number of rotatable bonds is 5. The molecule has 0 aliphatic rings. The van der Waals surface area contributed by atoms with Gasteiger partial charge in [-0.05, 0) is 30.0 Å². The van der Waals surface area contributed by atoms with E-state index in [0.717, 1.165) is 6.42 Å². The summed E-state index contributed by atoms with van der Waals surface area (Å²) >= 11 is 0. The van der Waals surface area contributed by atoms with Gasteiger partial charge in [-0.2, -0.15) is 0 Å². The van der Waals surface area contributed by atoms with E-state index in [-0.39, 0.29) is 0 Å². The van der Waals surface area contributed by atoms with Gasteiger partial charge in [0.05, 0.1) is 0 Å². The molecule has 0 N–H and O–H groups in total. The molecule has 16 heavy (non-hydrogen) atoms. The largest absolute Gasteiger partial charge is 0.0991 e. The van der Waals surface area contributed by atoms with Crippen LogP contribution in [0.5, 0.6) is 0 Å². The first-order chi connectivity index (χ1) is 7.81. The molecule has 0 heterocycles. The minimum Gasteiger partial charge on any atom is -0.0991 e. The number of benzene rings is 1. The highest BCUT2D eigenvalue weighted by Crippen LogP contribution is 2.17. The van der Waals surface area contributed by atoms with Gasteiger partial charge in [0, 0.05) is 0 Å². The summed E-state index contributed by atoms with van der Waals surface area (Å²) in [7, 11) is 0. The molecule has 0 nitrogen and oxygen atoms in total. The maximum atomic E-state index is 3.69. The van der Waals surface area contributed by atoms with Crippen LogP contribution >= 0.6 is 0 Å². The van der Waals surface area contributed by atoms with E-state index in [9.17, 15) is 0 Å². The molecule has 0 aromatic heterocycles. The van der Waals surface area contributed by atoms with E-state index in [4.69, 9.17) is 0 Å². The van der Waals surface area contributed by atoms with Crippen molar-refractivity contribution in [1.82, 2.24) is 0 Å². The van der Waals surface area contributed by atoms with Crippen LogP contribution in [0.3, 0.4) is 0 Å². The summed E-state index contributed by atoms with van der Waals surface area (Å²) in [4.78, 5) is 0. The van der Waals surface area contributed by atoms with E-state index < -0.39 is 0 Å². The van der Waals surface area contributed by atoms with Gasteiger partial charge in [0.2, 0.25) is 0 Å². The Hall–Kier alpha value is -1.56. The Morgan fingerprint density at radius 1 is 1.25 bits per heavy atom. The minimum atomic E-state index is 1.16. The zero-order chi connectivity index (χ0) is 11.8. The van der Waals surface area contributed by atoms with E-state index in [2.05, 4.69) is 56.8 Å². The van der Waals surface area contributed by atoms with Crippen LogP contribution in [0.15, 0.2) is 55.1 Å². The Balaban J connectivity index is 2.87. The molecular weight excluding hydrogens is 192 g/mol. The van der Waals surface area contributed by atoms with Gasteiger partial charge in [0.15, 0.2) is 0 Å². The lowest BCUT2D eigenvalue weighted by atomic mass is 10.0. The predicted octanol–water partition coefficient (Wildman–Crippen LogP) is 4.78. The van der Waals surface area contributed by atoms with Crippen molar-refractivity contribution in [3.8, 4) is 0 Å². The fourth-order valence-corrected chi connectivity index (χ4v) is 1.68. The van der Waals surface area contributed by atoms with Gasteiger partial charge < -0.3 is 0 Å². The van der Waals surface area contributed by atoms with E-state index in [0.29, 0.717) is 0 Å². The highest BCUT2D eigenvalue weighted by Gasteiger charge is 1.96. The SMILES string of the molecule is C=C/C=C\C(=C/C)c1ccc(CCC)cc1. The average molecular weight is 212 g/mol. The van der Waals surface area contributed by atoms with Crippen LogP contribution in [0.1, 0.15) is 31.4 Å².